The molecule has 4 heteroatoms. The number of anilines is 1. The molecule has 0 unspecified atom stereocenters. The van der Waals surface area contributed by atoms with Crippen molar-refractivity contribution < 1.29 is 4.79 Å². The lowest BCUT2D eigenvalue weighted by Crippen LogP contribution is -2.15. The minimum atomic E-state index is 0.763. The van der Waals surface area contributed by atoms with E-state index in [0.29, 0.717) is 0 Å². The SMILES string of the molecule is CN(Cc1ccccc1Br)c1csc(C=O)c1. The molecule has 0 aliphatic carbocycles. The van der Waals surface area contributed by atoms with Crippen molar-refractivity contribution in [1.82, 2.24) is 0 Å². The summed E-state index contributed by atoms with van der Waals surface area (Å²) in [5, 5.41) is 2.00. The Balaban J connectivity index is 2.14. The molecule has 0 aliphatic rings. The Kier molecular flexibility index (Phi) is 3.97. The Morgan fingerprint density at radius 1 is 1.41 bits per heavy atom. The average molecular weight is 310 g/mol. The Morgan fingerprint density at radius 2 is 2.18 bits per heavy atom. The van der Waals surface area contributed by atoms with Gasteiger partial charge in [0.05, 0.1) is 4.88 Å². The van der Waals surface area contributed by atoms with Crippen LogP contribution in [-0.2, 0) is 6.54 Å². The summed E-state index contributed by atoms with van der Waals surface area (Å²) >= 11 is 5.01. The van der Waals surface area contributed by atoms with Gasteiger partial charge in [0, 0.05) is 29.1 Å². The molecule has 1 aromatic heterocycles. The van der Waals surface area contributed by atoms with E-state index in [1.54, 1.807) is 0 Å². The molecule has 0 spiro atoms. The molecule has 1 heterocycles. The number of rotatable bonds is 4. The number of thiophene rings is 1. The van der Waals surface area contributed by atoms with Crippen LogP contribution in [0.2, 0.25) is 0 Å². The molecule has 0 amide bonds. The number of carbonyl (C=O) groups excluding carboxylic acids is 1. The topological polar surface area (TPSA) is 20.3 Å². The fraction of sp³-hybridized carbons (Fsp3) is 0.154. The Morgan fingerprint density at radius 3 is 2.82 bits per heavy atom. The van der Waals surface area contributed by atoms with E-state index in [9.17, 15) is 4.79 Å². The van der Waals surface area contributed by atoms with E-state index in [1.807, 2.05) is 36.7 Å². The van der Waals surface area contributed by atoms with Gasteiger partial charge >= 0.3 is 0 Å². The molecule has 0 saturated heterocycles. The Labute approximate surface area is 113 Å². The largest absolute Gasteiger partial charge is 0.370 e. The minimum Gasteiger partial charge on any atom is -0.370 e. The second-order valence-electron chi connectivity index (χ2n) is 3.77. The van der Waals surface area contributed by atoms with E-state index in [2.05, 4.69) is 26.9 Å². The van der Waals surface area contributed by atoms with Crippen molar-refractivity contribution in [2.24, 2.45) is 0 Å². The summed E-state index contributed by atoms with van der Waals surface area (Å²) in [6.07, 6.45) is 0.889. The van der Waals surface area contributed by atoms with E-state index in [-0.39, 0.29) is 0 Å². The molecule has 0 saturated carbocycles. The van der Waals surface area contributed by atoms with Crippen LogP contribution < -0.4 is 4.90 Å². The summed E-state index contributed by atoms with van der Waals surface area (Å²) in [5.41, 5.74) is 2.31. The van der Waals surface area contributed by atoms with Crippen LogP contribution >= 0.6 is 27.3 Å². The molecule has 0 bridgehead atoms. The van der Waals surface area contributed by atoms with Gasteiger partial charge in [-0.05, 0) is 17.7 Å². The van der Waals surface area contributed by atoms with Crippen LogP contribution in [-0.4, -0.2) is 13.3 Å². The highest BCUT2D eigenvalue weighted by Gasteiger charge is 2.06. The quantitative estimate of drug-likeness (QED) is 0.797. The van der Waals surface area contributed by atoms with Gasteiger partial charge in [0.25, 0.3) is 0 Å². The van der Waals surface area contributed by atoms with E-state index in [0.717, 1.165) is 27.9 Å². The highest BCUT2D eigenvalue weighted by Crippen LogP contribution is 2.24. The first kappa shape index (κ1) is 12.3. The highest BCUT2D eigenvalue weighted by atomic mass is 79.9. The number of benzene rings is 1. The zero-order valence-corrected chi connectivity index (χ0v) is 11.8. The van der Waals surface area contributed by atoms with Crippen molar-refractivity contribution in [3.05, 3.63) is 50.6 Å². The maximum absolute atomic E-state index is 10.6. The van der Waals surface area contributed by atoms with Gasteiger partial charge in [-0.3, -0.25) is 4.79 Å². The van der Waals surface area contributed by atoms with Gasteiger partial charge in [-0.2, -0.15) is 0 Å². The number of hydrogen-bond acceptors (Lipinski definition) is 3. The van der Waals surface area contributed by atoms with Crippen LogP contribution in [0.15, 0.2) is 40.2 Å². The maximum Gasteiger partial charge on any atom is 0.160 e. The van der Waals surface area contributed by atoms with E-state index in [1.165, 1.54) is 16.9 Å². The standard InChI is InChI=1S/C13H12BrNOS/c1-15(11-6-12(8-16)17-9-11)7-10-4-2-3-5-13(10)14/h2-6,8-9H,7H2,1H3. The monoisotopic (exact) mass is 309 g/mol. The van der Waals surface area contributed by atoms with Crippen molar-refractivity contribution in [3.8, 4) is 0 Å². The molecule has 17 heavy (non-hydrogen) atoms. The average Bonchev–Trinajstić information content (AvgIpc) is 2.81. The molecule has 0 aliphatic heterocycles. The van der Waals surface area contributed by atoms with Crippen molar-refractivity contribution in [1.29, 1.82) is 0 Å². The van der Waals surface area contributed by atoms with Gasteiger partial charge in [-0.1, -0.05) is 34.1 Å². The Hall–Kier alpha value is -1.13. The molecule has 2 nitrogen and oxygen atoms in total. The van der Waals surface area contributed by atoms with Gasteiger partial charge in [-0.25, -0.2) is 0 Å². The van der Waals surface area contributed by atoms with Crippen molar-refractivity contribution in [2.75, 3.05) is 11.9 Å². The third kappa shape index (κ3) is 2.96. The normalized spacial score (nSPS) is 10.2. The molecular formula is C13H12BrNOS. The molecular weight excluding hydrogens is 298 g/mol. The number of halogens is 1. The lowest BCUT2D eigenvalue weighted by Gasteiger charge is -2.18. The predicted octanol–water partition coefficient (Wildman–Crippen LogP) is 3.96. The first-order chi connectivity index (χ1) is 8.20. The first-order valence-corrected chi connectivity index (χ1v) is 6.86. The number of nitrogens with zero attached hydrogens (tertiary/aromatic N) is 1. The maximum atomic E-state index is 10.6. The van der Waals surface area contributed by atoms with Crippen LogP contribution in [0.5, 0.6) is 0 Å². The van der Waals surface area contributed by atoms with Crippen LogP contribution in [0.4, 0.5) is 5.69 Å². The third-order valence-electron chi connectivity index (χ3n) is 2.53. The summed E-state index contributed by atoms with van der Waals surface area (Å²) in [6, 6.07) is 10.1. The number of carbonyl (C=O) groups is 1. The second kappa shape index (κ2) is 5.47. The molecule has 0 atom stereocenters. The van der Waals surface area contributed by atoms with Gasteiger partial charge in [0.15, 0.2) is 6.29 Å². The minimum absolute atomic E-state index is 0.763. The summed E-state index contributed by atoms with van der Waals surface area (Å²) in [6.45, 7) is 0.816. The van der Waals surface area contributed by atoms with Gasteiger partial charge < -0.3 is 4.90 Å². The third-order valence-corrected chi connectivity index (χ3v) is 4.15. The molecule has 1 aromatic carbocycles. The van der Waals surface area contributed by atoms with Crippen LogP contribution in [0.25, 0.3) is 0 Å². The fourth-order valence-electron chi connectivity index (χ4n) is 1.58. The molecule has 88 valence electrons. The summed E-state index contributed by atoms with van der Waals surface area (Å²) in [4.78, 5) is 13.5. The lowest BCUT2D eigenvalue weighted by atomic mass is 10.2. The highest BCUT2D eigenvalue weighted by molar-refractivity contribution is 9.10. The van der Waals surface area contributed by atoms with E-state index >= 15 is 0 Å². The van der Waals surface area contributed by atoms with Crippen LogP contribution in [0.1, 0.15) is 15.2 Å². The first-order valence-electron chi connectivity index (χ1n) is 5.19. The zero-order chi connectivity index (χ0) is 12.3. The molecule has 0 fully saturated rings. The number of aldehydes is 1. The lowest BCUT2D eigenvalue weighted by molar-refractivity contribution is 0.112. The Bertz CT molecular complexity index is 524. The molecule has 2 rings (SSSR count). The van der Waals surface area contributed by atoms with Crippen LogP contribution in [0, 0.1) is 0 Å². The molecule has 2 aromatic rings. The number of hydrogen-bond donors (Lipinski definition) is 0. The summed E-state index contributed by atoms with van der Waals surface area (Å²) < 4.78 is 1.11. The predicted molar refractivity (Wildman–Crippen MR) is 76.0 cm³/mol. The van der Waals surface area contributed by atoms with Crippen molar-refractivity contribution >= 4 is 39.2 Å². The molecule has 0 N–H and O–H groups in total. The smallest absolute Gasteiger partial charge is 0.160 e. The van der Waals surface area contributed by atoms with E-state index < -0.39 is 0 Å². The fourth-order valence-corrected chi connectivity index (χ4v) is 2.74. The summed E-state index contributed by atoms with van der Waals surface area (Å²) in [5.74, 6) is 0. The van der Waals surface area contributed by atoms with Crippen LogP contribution in [0.3, 0.4) is 0 Å². The second-order valence-corrected chi connectivity index (χ2v) is 5.57. The van der Waals surface area contributed by atoms with Gasteiger partial charge in [0.1, 0.15) is 0 Å². The van der Waals surface area contributed by atoms with Gasteiger partial charge in [-0.15, -0.1) is 11.3 Å². The van der Waals surface area contributed by atoms with Crippen molar-refractivity contribution in [3.63, 3.8) is 0 Å². The molecule has 0 radical (unpaired) electrons. The van der Waals surface area contributed by atoms with Crippen molar-refractivity contribution in [2.45, 2.75) is 6.54 Å². The zero-order valence-electron chi connectivity index (χ0n) is 9.39. The van der Waals surface area contributed by atoms with E-state index in [4.69, 9.17) is 0 Å². The van der Waals surface area contributed by atoms with Gasteiger partial charge in [0.2, 0.25) is 0 Å². The summed E-state index contributed by atoms with van der Waals surface area (Å²) in [7, 11) is 2.02.